The highest BCUT2D eigenvalue weighted by atomic mass is 16.5. The SMILES string of the molecule is CCOC(=O)NC(C(=O)N1CCC[C@@H]1C(=O)OCc1ccccc1)c1ccccc1. The van der Waals surface area contributed by atoms with Gasteiger partial charge in [0.15, 0.2) is 0 Å². The Labute approximate surface area is 176 Å². The highest BCUT2D eigenvalue weighted by Gasteiger charge is 2.39. The number of likely N-dealkylation sites (tertiary alicyclic amines) is 1. The van der Waals surface area contributed by atoms with Crippen molar-refractivity contribution >= 4 is 18.0 Å². The summed E-state index contributed by atoms with van der Waals surface area (Å²) in [5, 5.41) is 2.62. The Morgan fingerprint density at radius 1 is 1.03 bits per heavy atom. The molecule has 2 atom stereocenters. The van der Waals surface area contributed by atoms with Crippen LogP contribution >= 0.6 is 0 Å². The van der Waals surface area contributed by atoms with Gasteiger partial charge in [0.2, 0.25) is 0 Å². The third-order valence-corrected chi connectivity index (χ3v) is 4.95. The van der Waals surface area contributed by atoms with E-state index in [0.717, 1.165) is 5.56 Å². The smallest absolute Gasteiger partial charge is 0.408 e. The van der Waals surface area contributed by atoms with Crippen LogP contribution in [0, 0.1) is 0 Å². The molecule has 1 fully saturated rings. The van der Waals surface area contributed by atoms with E-state index in [9.17, 15) is 14.4 Å². The third-order valence-electron chi connectivity index (χ3n) is 4.95. The molecule has 7 heteroatoms. The van der Waals surface area contributed by atoms with Crippen LogP contribution in [0.4, 0.5) is 4.79 Å². The van der Waals surface area contributed by atoms with Crippen LogP contribution in [-0.2, 0) is 25.7 Å². The van der Waals surface area contributed by atoms with E-state index >= 15 is 0 Å². The summed E-state index contributed by atoms with van der Waals surface area (Å²) >= 11 is 0. The number of alkyl carbamates (subject to hydrolysis) is 1. The van der Waals surface area contributed by atoms with Crippen LogP contribution in [0.15, 0.2) is 60.7 Å². The van der Waals surface area contributed by atoms with Crippen LogP contribution in [0.5, 0.6) is 0 Å². The van der Waals surface area contributed by atoms with Gasteiger partial charge in [0.05, 0.1) is 6.61 Å². The fourth-order valence-electron chi connectivity index (χ4n) is 3.49. The summed E-state index contributed by atoms with van der Waals surface area (Å²) in [6.45, 7) is 2.47. The Morgan fingerprint density at radius 2 is 1.70 bits per heavy atom. The molecule has 1 aliphatic heterocycles. The van der Waals surface area contributed by atoms with Crippen molar-refractivity contribution in [3.63, 3.8) is 0 Å². The van der Waals surface area contributed by atoms with Gasteiger partial charge in [-0.3, -0.25) is 4.79 Å². The molecule has 2 aromatic carbocycles. The number of nitrogens with zero attached hydrogens (tertiary/aromatic N) is 1. The number of hydrogen-bond donors (Lipinski definition) is 1. The number of carbonyl (C=O) groups is 3. The molecule has 0 radical (unpaired) electrons. The minimum Gasteiger partial charge on any atom is -0.459 e. The van der Waals surface area contributed by atoms with Gasteiger partial charge in [-0.15, -0.1) is 0 Å². The first kappa shape index (κ1) is 21.4. The van der Waals surface area contributed by atoms with Crippen molar-refractivity contribution in [3.8, 4) is 0 Å². The molecule has 0 bridgehead atoms. The van der Waals surface area contributed by atoms with Crippen molar-refractivity contribution in [1.82, 2.24) is 10.2 Å². The average Bonchev–Trinajstić information content (AvgIpc) is 3.27. The number of carbonyl (C=O) groups excluding carboxylic acids is 3. The van der Waals surface area contributed by atoms with Crippen LogP contribution in [0.3, 0.4) is 0 Å². The summed E-state index contributed by atoms with van der Waals surface area (Å²) in [4.78, 5) is 39.5. The standard InChI is InChI=1S/C23H26N2O5/c1-2-29-23(28)24-20(18-12-7-4-8-13-18)21(26)25-15-9-14-19(25)22(27)30-16-17-10-5-3-6-11-17/h3-8,10-13,19-20H,2,9,14-16H2,1H3,(H,24,28)/t19-,20?/m1/s1. The molecule has 0 aromatic heterocycles. The van der Waals surface area contributed by atoms with E-state index < -0.39 is 24.1 Å². The highest BCUT2D eigenvalue weighted by molar-refractivity contribution is 5.91. The molecule has 0 saturated carbocycles. The number of ether oxygens (including phenoxy) is 2. The Bertz CT molecular complexity index is 856. The summed E-state index contributed by atoms with van der Waals surface area (Å²) < 4.78 is 10.4. The maximum atomic E-state index is 13.3. The Balaban J connectivity index is 1.72. The number of nitrogens with one attached hydrogen (secondary N) is 1. The summed E-state index contributed by atoms with van der Waals surface area (Å²) in [5.41, 5.74) is 1.51. The minimum absolute atomic E-state index is 0.154. The minimum atomic E-state index is -0.937. The maximum absolute atomic E-state index is 13.3. The molecule has 30 heavy (non-hydrogen) atoms. The van der Waals surface area contributed by atoms with Crippen molar-refractivity contribution in [3.05, 3.63) is 71.8 Å². The molecule has 1 N–H and O–H groups in total. The zero-order chi connectivity index (χ0) is 21.3. The first-order chi connectivity index (χ1) is 14.6. The molecule has 0 spiro atoms. The summed E-state index contributed by atoms with van der Waals surface area (Å²) in [6, 6.07) is 16.7. The van der Waals surface area contributed by atoms with Gasteiger partial charge in [0.25, 0.3) is 5.91 Å². The summed E-state index contributed by atoms with van der Waals surface area (Å²) in [7, 11) is 0. The monoisotopic (exact) mass is 410 g/mol. The second-order valence-corrected chi connectivity index (χ2v) is 6.99. The average molecular weight is 410 g/mol. The molecule has 1 aliphatic rings. The zero-order valence-electron chi connectivity index (χ0n) is 17.0. The summed E-state index contributed by atoms with van der Waals surface area (Å²) in [6.07, 6.45) is 0.542. The maximum Gasteiger partial charge on any atom is 0.408 e. The number of esters is 1. The molecule has 158 valence electrons. The third kappa shape index (κ3) is 5.37. The molecule has 2 aromatic rings. The second-order valence-electron chi connectivity index (χ2n) is 6.99. The van der Waals surface area contributed by atoms with Crippen LogP contribution in [-0.4, -0.2) is 42.1 Å². The molecule has 1 heterocycles. The fourth-order valence-corrected chi connectivity index (χ4v) is 3.49. The lowest BCUT2D eigenvalue weighted by Crippen LogP contribution is -2.47. The van der Waals surface area contributed by atoms with Gasteiger partial charge in [-0.25, -0.2) is 9.59 Å². The van der Waals surface area contributed by atoms with Crippen molar-refractivity contribution in [2.75, 3.05) is 13.2 Å². The van der Waals surface area contributed by atoms with Gasteiger partial charge >= 0.3 is 12.1 Å². The molecule has 3 rings (SSSR count). The van der Waals surface area contributed by atoms with Crippen LogP contribution in [0.1, 0.15) is 36.9 Å². The normalized spacial score (nSPS) is 16.6. The number of amides is 2. The van der Waals surface area contributed by atoms with Crippen LogP contribution in [0.2, 0.25) is 0 Å². The number of rotatable bonds is 7. The van der Waals surface area contributed by atoms with E-state index in [1.807, 2.05) is 36.4 Å². The predicted octanol–water partition coefficient (Wildman–Crippen LogP) is 3.21. The fraction of sp³-hybridized carbons (Fsp3) is 0.348. The van der Waals surface area contributed by atoms with Gasteiger partial charge < -0.3 is 19.7 Å². The molecular weight excluding hydrogens is 384 g/mol. The van der Waals surface area contributed by atoms with Crippen LogP contribution in [0.25, 0.3) is 0 Å². The largest absolute Gasteiger partial charge is 0.459 e. The quantitative estimate of drug-likeness (QED) is 0.709. The van der Waals surface area contributed by atoms with E-state index in [1.165, 1.54) is 4.90 Å². The lowest BCUT2D eigenvalue weighted by Gasteiger charge is -2.28. The first-order valence-corrected chi connectivity index (χ1v) is 10.1. The highest BCUT2D eigenvalue weighted by Crippen LogP contribution is 2.25. The molecule has 7 nitrogen and oxygen atoms in total. The topological polar surface area (TPSA) is 84.9 Å². The van der Waals surface area contributed by atoms with Crippen molar-refractivity contribution in [1.29, 1.82) is 0 Å². The van der Waals surface area contributed by atoms with E-state index in [2.05, 4.69) is 5.32 Å². The number of benzene rings is 2. The van der Waals surface area contributed by atoms with Gasteiger partial charge in [0, 0.05) is 6.54 Å². The zero-order valence-corrected chi connectivity index (χ0v) is 17.0. The van der Waals surface area contributed by atoms with Crippen molar-refractivity contribution in [2.24, 2.45) is 0 Å². The first-order valence-electron chi connectivity index (χ1n) is 10.1. The van der Waals surface area contributed by atoms with Crippen molar-refractivity contribution < 1.29 is 23.9 Å². The second kappa shape index (κ2) is 10.4. The van der Waals surface area contributed by atoms with Gasteiger partial charge in [-0.1, -0.05) is 60.7 Å². The van der Waals surface area contributed by atoms with Crippen molar-refractivity contribution in [2.45, 2.75) is 38.5 Å². The van der Waals surface area contributed by atoms with E-state index in [-0.39, 0.29) is 19.1 Å². The number of hydrogen-bond acceptors (Lipinski definition) is 5. The lowest BCUT2D eigenvalue weighted by atomic mass is 10.1. The Morgan fingerprint density at radius 3 is 2.37 bits per heavy atom. The van der Waals surface area contributed by atoms with Gasteiger partial charge in [0.1, 0.15) is 18.7 Å². The lowest BCUT2D eigenvalue weighted by molar-refractivity contribution is -0.155. The van der Waals surface area contributed by atoms with Crippen LogP contribution < -0.4 is 5.32 Å². The Kier molecular flexibility index (Phi) is 7.43. The predicted molar refractivity (Wildman–Crippen MR) is 110 cm³/mol. The Hall–Kier alpha value is -3.35. The van der Waals surface area contributed by atoms with Gasteiger partial charge in [-0.2, -0.15) is 0 Å². The molecule has 1 unspecified atom stereocenters. The molecule has 0 aliphatic carbocycles. The van der Waals surface area contributed by atoms with E-state index in [0.29, 0.717) is 24.9 Å². The van der Waals surface area contributed by atoms with E-state index in [4.69, 9.17) is 9.47 Å². The van der Waals surface area contributed by atoms with Gasteiger partial charge in [-0.05, 0) is 30.9 Å². The summed E-state index contributed by atoms with van der Waals surface area (Å²) in [5.74, 6) is -0.791. The molecule has 2 amide bonds. The molecular formula is C23H26N2O5. The van der Waals surface area contributed by atoms with E-state index in [1.54, 1.807) is 31.2 Å². The molecule has 1 saturated heterocycles.